The van der Waals surface area contributed by atoms with E-state index in [1.165, 1.54) is 18.6 Å². The number of aromatic nitrogens is 2. The van der Waals surface area contributed by atoms with Gasteiger partial charge in [0, 0.05) is 19.0 Å². The van der Waals surface area contributed by atoms with E-state index in [1.807, 2.05) is 0 Å². The van der Waals surface area contributed by atoms with Crippen molar-refractivity contribution in [2.75, 3.05) is 18.9 Å². The Morgan fingerprint density at radius 3 is 2.74 bits per heavy atom. The number of rotatable bonds is 8. The molecule has 3 saturated heterocycles. The standard InChI is InChI=1S/C19H29N8O10P/c20-12-1-2-26(19(31)23-12)14-4-9(10(5-28)35-14)37-38(32,33)34-6-11-8(29)3-13(36-11)27-7-22-15-16(27)24-18(21)25-17(15)30/h1-2,7-11,13-16,18,24,28-29H,3-6,21H2,(H,25,30)(H,32,33)(H2,20,23,31). The predicted octanol–water partition coefficient (Wildman–Crippen LogP) is -3.92. The van der Waals surface area contributed by atoms with Gasteiger partial charge < -0.3 is 40.5 Å². The minimum atomic E-state index is -4.72. The summed E-state index contributed by atoms with van der Waals surface area (Å²) in [5, 5.41) is 25.6. The summed E-state index contributed by atoms with van der Waals surface area (Å²) >= 11 is 0. The van der Waals surface area contributed by atoms with E-state index in [9.17, 15) is 29.3 Å². The predicted molar refractivity (Wildman–Crippen MR) is 126 cm³/mol. The second-order valence-corrected chi connectivity index (χ2v) is 10.6. The molecule has 3 fully saturated rings. The average Bonchev–Trinajstić information content (AvgIpc) is 3.54. The number of nitrogens with one attached hydrogen (secondary N) is 2. The number of aliphatic imine (C=N–C) groups is 1. The Morgan fingerprint density at radius 2 is 2.00 bits per heavy atom. The number of aliphatic hydroxyl groups is 2. The lowest BCUT2D eigenvalue weighted by Crippen LogP contribution is -2.69. The fourth-order valence-electron chi connectivity index (χ4n) is 4.78. The molecule has 1 aromatic rings. The molecule has 0 aromatic carbocycles. The van der Waals surface area contributed by atoms with Crippen LogP contribution in [0.15, 0.2) is 22.1 Å². The number of amides is 1. The molecule has 0 saturated carbocycles. The molecular weight excluding hydrogens is 531 g/mol. The number of fused-ring (bicyclic) bond motifs is 1. The number of carbonyl (C=O) groups is 1. The average molecular weight is 560 g/mol. The SMILES string of the molecule is Nc1ccn(C2CC(OP(=O)(O)OCC3OC(N4C=NC5C(=O)NC(N)NC54)CC3O)C(CO)O2)c(=O)n1. The van der Waals surface area contributed by atoms with Crippen LogP contribution >= 0.6 is 7.82 Å². The number of phosphoric ester groups is 1. The summed E-state index contributed by atoms with van der Waals surface area (Å²) < 4.78 is 35.6. The van der Waals surface area contributed by atoms with E-state index in [0.29, 0.717) is 0 Å². The molecule has 19 heteroatoms. The lowest BCUT2D eigenvalue weighted by Gasteiger charge is -2.37. The van der Waals surface area contributed by atoms with Gasteiger partial charge in [-0.05, 0) is 6.07 Å². The van der Waals surface area contributed by atoms with Crippen LogP contribution in [0.4, 0.5) is 5.82 Å². The van der Waals surface area contributed by atoms with Crippen molar-refractivity contribution in [2.45, 2.75) is 68.2 Å². The van der Waals surface area contributed by atoms with Gasteiger partial charge in [0.2, 0.25) is 0 Å². The van der Waals surface area contributed by atoms with Gasteiger partial charge in [0.05, 0.1) is 25.7 Å². The van der Waals surface area contributed by atoms with Crippen molar-refractivity contribution < 1.29 is 43.0 Å². The minimum absolute atomic E-state index is 0.0171. The van der Waals surface area contributed by atoms with Crippen LogP contribution in [0.25, 0.3) is 0 Å². The molecular formula is C19H29N8O10P. The number of ether oxygens (including phenoxy) is 2. The number of aliphatic hydroxyl groups excluding tert-OH is 2. The van der Waals surface area contributed by atoms with Gasteiger partial charge >= 0.3 is 13.5 Å². The monoisotopic (exact) mass is 560 g/mol. The summed E-state index contributed by atoms with van der Waals surface area (Å²) in [4.78, 5) is 43.9. The minimum Gasteiger partial charge on any atom is -0.394 e. The molecule has 1 amide bonds. The maximum atomic E-state index is 12.7. The van der Waals surface area contributed by atoms with Gasteiger partial charge in [0.1, 0.15) is 49.0 Å². The molecule has 10 unspecified atom stereocenters. The maximum absolute atomic E-state index is 12.7. The number of nitrogens with two attached hydrogens (primary N) is 2. The van der Waals surface area contributed by atoms with E-state index in [-0.39, 0.29) is 24.6 Å². The molecule has 0 spiro atoms. The Morgan fingerprint density at radius 1 is 1.24 bits per heavy atom. The Hall–Kier alpha value is -2.51. The summed E-state index contributed by atoms with van der Waals surface area (Å²) in [7, 11) is -4.72. The molecule has 18 nitrogen and oxygen atoms in total. The fraction of sp³-hybridized carbons (Fsp3) is 0.684. The van der Waals surface area contributed by atoms with Crippen molar-refractivity contribution in [3.05, 3.63) is 22.7 Å². The summed E-state index contributed by atoms with van der Waals surface area (Å²) in [6, 6.07) is 0.642. The van der Waals surface area contributed by atoms with Crippen LogP contribution in [0, 0.1) is 0 Å². The highest BCUT2D eigenvalue weighted by Gasteiger charge is 2.48. The Kier molecular flexibility index (Phi) is 7.53. The van der Waals surface area contributed by atoms with Gasteiger partial charge in [-0.15, -0.1) is 0 Å². The highest BCUT2D eigenvalue weighted by atomic mass is 31.2. The van der Waals surface area contributed by atoms with Crippen LogP contribution in [-0.2, 0) is 27.9 Å². The number of hydrogen-bond donors (Lipinski definition) is 7. The summed E-state index contributed by atoms with van der Waals surface area (Å²) in [5.74, 6) is -0.336. The summed E-state index contributed by atoms with van der Waals surface area (Å²) in [6.07, 6.45) is -4.37. The maximum Gasteiger partial charge on any atom is 0.472 e. The van der Waals surface area contributed by atoms with Crippen molar-refractivity contribution >= 4 is 25.9 Å². The molecule has 9 N–H and O–H groups in total. The fourth-order valence-corrected chi connectivity index (χ4v) is 5.74. The van der Waals surface area contributed by atoms with Crippen molar-refractivity contribution in [1.29, 1.82) is 0 Å². The zero-order valence-corrected chi connectivity index (χ0v) is 20.7. The molecule has 5 heterocycles. The van der Waals surface area contributed by atoms with E-state index in [1.54, 1.807) is 4.90 Å². The van der Waals surface area contributed by atoms with Crippen molar-refractivity contribution in [2.24, 2.45) is 10.7 Å². The van der Waals surface area contributed by atoms with Crippen molar-refractivity contribution in [3.63, 3.8) is 0 Å². The molecule has 5 rings (SSSR count). The van der Waals surface area contributed by atoms with Crippen LogP contribution in [0.5, 0.6) is 0 Å². The largest absolute Gasteiger partial charge is 0.472 e. The van der Waals surface area contributed by atoms with Crippen LogP contribution in [-0.4, -0.2) is 104 Å². The third-order valence-electron chi connectivity index (χ3n) is 6.63. The first-order chi connectivity index (χ1) is 18.0. The van der Waals surface area contributed by atoms with Gasteiger partial charge in [-0.2, -0.15) is 4.98 Å². The number of nitrogens with zero attached hydrogens (tertiary/aromatic N) is 4. The molecule has 10 atom stereocenters. The zero-order chi connectivity index (χ0) is 27.2. The first kappa shape index (κ1) is 27.1. The molecule has 0 radical (unpaired) electrons. The number of anilines is 1. The second-order valence-electron chi connectivity index (χ2n) is 9.18. The van der Waals surface area contributed by atoms with Gasteiger partial charge in [0.15, 0.2) is 6.04 Å². The van der Waals surface area contributed by atoms with Crippen LogP contribution in [0.1, 0.15) is 19.1 Å². The van der Waals surface area contributed by atoms with Gasteiger partial charge in [0.25, 0.3) is 5.91 Å². The topological polar surface area (TPSA) is 258 Å². The highest BCUT2D eigenvalue weighted by molar-refractivity contribution is 7.47. The molecule has 210 valence electrons. The van der Waals surface area contributed by atoms with E-state index in [2.05, 4.69) is 20.6 Å². The van der Waals surface area contributed by atoms with Crippen molar-refractivity contribution in [3.8, 4) is 0 Å². The Labute approximate surface area is 215 Å². The molecule has 38 heavy (non-hydrogen) atoms. The normalized spacial score (nSPS) is 38.3. The van der Waals surface area contributed by atoms with E-state index in [0.717, 1.165) is 4.57 Å². The van der Waals surface area contributed by atoms with E-state index in [4.69, 9.17) is 30.0 Å². The van der Waals surface area contributed by atoms with Crippen LogP contribution in [0.3, 0.4) is 0 Å². The first-order valence-corrected chi connectivity index (χ1v) is 13.3. The van der Waals surface area contributed by atoms with Crippen LogP contribution < -0.4 is 27.8 Å². The Balaban J connectivity index is 1.16. The van der Waals surface area contributed by atoms with Gasteiger partial charge in [-0.25, -0.2) is 9.36 Å². The number of carbonyl (C=O) groups excluding carboxylic acids is 1. The Bertz CT molecular complexity index is 1190. The zero-order valence-electron chi connectivity index (χ0n) is 19.8. The molecule has 0 aliphatic carbocycles. The van der Waals surface area contributed by atoms with Crippen molar-refractivity contribution in [1.82, 2.24) is 25.1 Å². The third kappa shape index (κ3) is 5.46. The van der Waals surface area contributed by atoms with Gasteiger partial charge in [-0.1, -0.05) is 0 Å². The van der Waals surface area contributed by atoms with E-state index < -0.39 is 82.1 Å². The number of hydrogen-bond acceptors (Lipinski definition) is 15. The molecule has 1 aromatic heterocycles. The quantitative estimate of drug-likeness (QED) is 0.150. The summed E-state index contributed by atoms with van der Waals surface area (Å²) in [5.41, 5.74) is 10.6. The third-order valence-corrected chi connectivity index (χ3v) is 7.64. The first-order valence-electron chi connectivity index (χ1n) is 11.8. The lowest BCUT2D eigenvalue weighted by molar-refractivity contribution is -0.129. The number of nitrogen functional groups attached to an aromatic ring is 1. The molecule has 4 aliphatic heterocycles. The highest BCUT2D eigenvalue weighted by Crippen LogP contribution is 2.48. The number of phosphoric acid groups is 1. The lowest BCUT2D eigenvalue weighted by atomic mass is 10.1. The van der Waals surface area contributed by atoms with Crippen LogP contribution in [0.2, 0.25) is 0 Å². The smallest absolute Gasteiger partial charge is 0.394 e. The second kappa shape index (κ2) is 10.6. The summed E-state index contributed by atoms with van der Waals surface area (Å²) in [6.45, 7) is -1.06. The molecule has 4 aliphatic rings. The van der Waals surface area contributed by atoms with E-state index >= 15 is 0 Å². The van der Waals surface area contributed by atoms with Gasteiger partial charge in [-0.3, -0.25) is 34.5 Å². The molecule has 0 bridgehead atoms.